The topological polar surface area (TPSA) is 178 Å². The Morgan fingerprint density at radius 2 is 1.69 bits per heavy atom. The lowest BCUT2D eigenvalue weighted by Crippen LogP contribution is -2.42. The number of carbonyl (C=O) groups is 2. The van der Waals surface area contributed by atoms with Crippen LogP contribution < -0.4 is 16.0 Å². The highest BCUT2D eigenvalue weighted by molar-refractivity contribution is 5.84. The molecule has 1 saturated carbocycles. The maximum absolute atomic E-state index is 12.1. The van der Waals surface area contributed by atoms with Gasteiger partial charge >= 0.3 is 6.09 Å². The van der Waals surface area contributed by atoms with Crippen molar-refractivity contribution in [2.75, 3.05) is 30.3 Å². The van der Waals surface area contributed by atoms with Gasteiger partial charge in [0.15, 0.2) is 17.0 Å². The molecule has 1 aliphatic heterocycles. The van der Waals surface area contributed by atoms with Gasteiger partial charge in [0.1, 0.15) is 12.2 Å². The number of aliphatic hydroxyl groups is 2. The van der Waals surface area contributed by atoms with Gasteiger partial charge < -0.3 is 40.7 Å². The van der Waals surface area contributed by atoms with Gasteiger partial charge in [-0.1, -0.05) is 67.6 Å². The van der Waals surface area contributed by atoms with Crippen LogP contribution in [0.4, 0.5) is 16.6 Å². The average Bonchev–Trinajstić information content (AvgIpc) is 3.77. The highest BCUT2D eigenvalue weighted by Gasteiger charge is 2.43. The second-order valence-corrected chi connectivity index (χ2v) is 11.6. The number of hydrogen-bond donors (Lipinski definition) is 6. The van der Waals surface area contributed by atoms with E-state index in [-0.39, 0.29) is 30.7 Å². The van der Waals surface area contributed by atoms with Crippen LogP contribution in [0.2, 0.25) is 0 Å². The molecule has 1 saturated heterocycles. The second-order valence-electron chi connectivity index (χ2n) is 11.6. The molecule has 45 heavy (non-hydrogen) atoms. The van der Waals surface area contributed by atoms with Crippen molar-refractivity contribution in [3.8, 4) is 0 Å². The van der Waals surface area contributed by atoms with Gasteiger partial charge in [-0.25, -0.2) is 9.78 Å². The number of fused-ring (bicyclic) bond motifs is 1. The van der Waals surface area contributed by atoms with E-state index in [1.807, 2.05) is 36.4 Å². The highest BCUT2D eigenvalue weighted by atomic mass is 16.4. The normalized spacial score (nSPS) is 23.0. The zero-order valence-corrected chi connectivity index (χ0v) is 25.0. The average molecular weight is 615 g/mol. The standard InChI is InChI=1S/C32H38N8O5/c1-2-25(41)36-23-15-24(28(43)27(23)42)40-18-34-26-29(37-31(38-30(26)40)35-21-13-14-39(17-21)32(44)45)33-16-22(19-9-5-3-6-10-19)20-11-7-4-8-12-20/h3-12,18,21-24,27-28,42-43H,2,13-17H2,1H3,(H,36,41)(H,44,45)(H2,33,35,37,38). The molecule has 3 heterocycles. The summed E-state index contributed by atoms with van der Waals surface area (Å²) in [6.45, 7) is 2.94. The smallest absolute Gasteiger partial charge is 0.407 e. The van der Waals surface area contributed by atoms with E-state index in [1.165, 1.54) is 4.90 Å². The fourth-order valence-corrected chi connectivity index (χ4v) is 6.31. The number of rotatable bonds is 10. The maximum Gasteiger partial charge on any atom is 0.407 e. The van der Waals surface area contributed by atoms with E-state index in [9.17, 15) is 24.9 Å². The molecule has 6 N–H and O–H groups in total. The molecule has 13 heteroatoms. The van der Waals surface area contributed by atoms with E-state index in [2.05, 4.69) is 45.2 Å². The monoisotopic (exact) mass is 614 g/mol. The minimum atomic E-state index is -1.16. The number of nitrogens with one attached hydrogen (secondary N) is 3. The van der Waals surface area contributed by atoms with Crippen LogP contribution in [0, 0.1) is 0 Å². The van der Waals surface area contributed by atoms with Crippen LogP contribution in [0.15, 0.2) is 67.0 Å². The molecule has 0 spiro atoms. The predicted octanol–water partition coefficient (Wildman–Crippen LogP) is 2.80. The number of aliphatic hydroxyl groups excluding tert-OH is 2. The van der Waals surface area contributed by atoms with Crippen LogP contribution in [-0.4, -0.2) is 95.7 Å². The van der Waals surface area contributed by atoms with E-state index in [4.69, 9.17) is 9.97 Å². The van der Waals surface area contributed by atoms with Crippen molar-refractivity contribution >= 4 is 34.9 Å². The molecule has 4 aromatic rings. The molecule has 2 aromatic carbocycles. The Morgan fingerprint density at radius 1 is 1.00 bits per heavy atom. The van der Waals surface area contributed by atoms with Gasteiger partial charge in [0.25, 0.3) is 0 Å². The Balaban J connectivity index is 1.34. The van der Waals surface area contributed by atoms with Crippen molar-refractivity contribution < 1.29 is 24.9 Å². The third-order valence-electron chi connectivity index (χ3n) is 8.77. The number of likely N-dealkylation sites (tertiary alicyclic amines) is 1. The Bertz CT molecular complexity index is 1600. The fraction of sp³-hybridized carbons (Fsp3) is 0.406. The SMILES string of the molecule is CCC(=O)NC1CC(n2cnc3c(NCC(c4ccccc4)c4ccccc4)nc(NC4CCN(C(=O)O)C4)nc32)C(O)C1O. The summed E-state index contributed by atoms with van der Waals surface area (Å²) in [7, 11) is 0. The molecular weight excluding hydrogens is 576 g/mol. The van der Waals surface area contributed by atoms with E-state index < -0.39 is 30.4 Å². The third kappa shape index (κ3) is 6.40. The van der Waals surface area contributed by atoms with Gasteiger partial charge in [-0.15, -0.1) is 0 Å². The van der Waals surface area contributed by atoms with Gasteiger partial charge in [-0.2, -0.15) is 9.97 Å². The Kier molecular flexibility index (Phi) is 8.80. The second kappa shape index (κ2) is 13.1. The summed E-state index contributed by atoms with van der Waals surface area (Å²) < 4.78 is 1.73. The number of imidazole rings is 1. The van der Waals surface area contributed by atoms with Crippen molar-refractivity contribution in [3.63, 3.8) is 0 Å². The Hall–Kier alpha value is -4.75. The maximum atomic E-state index is 12.1. The lowest BCUT2D eigenvalue weighted by atomic mass is 9.91. The summed E-state index contributed by atoms with van der Waals surface area (Å²) in [5.74, 6) is 0.574. The van der Waals surface area contributed by atoms with Crippen LogP contribution in [0.3, 0.4) is 0 Å². The van der Waals surface area contributed by atoms with Crippen LogP contribution in [-0.2, 0) is 4.79 Å². The first-order chi connectivity index (χ1) is 21.8. The van der Waals surface area contributed by atoms with Crippen LogP contribution in [0.1, 0.15) is 49.3 Å². The van der Waals surface area contributed by atoms with E-state index in [1.54, 1.807) is 17.8 Å². The Morgan fingerprint density at radius 3 is 2.31 bits per heavy atom. The first kappa shape index (κ1) is 30.3. The quantitative estimate of drug-likeness (QED) is 0.156. The largest absolute Gasteiger partial charge is 0.465 e. The first-order valence-corrected chi connectivity index (χ1v) is 15.3. The molecule has 5 atom stereocenters. The molecule has 2 aromatic heterocycles. The van der Waals surface area contributed by atoms with Crippen LogP contribution >= 0.6 is 0 Å². The van der Waals surface area contributed by atoms with E-state index in [0.29, 0.717) is 49.0 Å². The molecule has 0 bridgehead atoms. The minimum absolute atomic E-state index is 0.00426. The summed E-state index contributed by atoms with van der Waals surface area (Å²) >= 11 is 0. The minimum Gasteiger partial charge on any atom is -0.465 e. The summed E-state index contributed by atoms with van der Waals surface area (Å²) in [5, 5.41) is 40.8. The van der Waals surface area contributed by atoms with Crippen molar-refractivity contribution in [2.24, 2.45) is 0 Å². The van der Waals surface area contributed by atoms with Gasteiger partial charge in [0, 0.05) is 38.0 Å². The van der Waals surface area contributed by atoms with Crippen LogP contribution in [0.5, 0.6) is 0 Å². The van der Waals surface area contributed by atoms with Gasteiger partial charge in [-0.05, 0) is 24.0 Å². The molecule has 236 valence electrons. The van der Waals surface area contributed by atoms with Crippen molar-refractivity contribution in [2.45, 2.75) is 62.4 Å². The number of benzene rings is 2. The molecular formula is C32H38N8O5. The molecule has 2 aliphatic rings. The summed E-state index contributed by atoms with van der Waals surface area (Å²) in [4.78, 5) is 39.1. The molecule has 2 amide bonds. The highest BCUT2D eigenvalue weighted by Crippen LogP contribution is 2.35. The van der Waals surface area contributed by atoms with Crippen molar-refractivity contribution in [3.05, 3.63) is 78.1 Å². The molecule has 0 radical (unpaired) electrons. The fourth-order valence-electron chi connectivity index (χ4n) is 6.31. The predicted molar refractivity (Wildman–Crippen MR) is 168 cm³/mol. The van der Waals surface area contributed by atoms with E-state index in [0.717, 1.165) is 11.1 Å². The number of anilines is 2. The number of hydrogen-bond acceptors (Lipinski definition) is 9. The van der Waals surface area contributed by atoms with Gasteiger partial charge in [0.05, 0.1) is 18.4 Å². The van der Waals surface area contributed by atoms with E-state index >= 15 is 0 Å². The van der Waals surface area contributed by atoms with Gasteiger partial charge in [0.2, 0.25) is 11.9 Å². The Labute approximate surface area is 260 Å². The van der Waals surface area contributed by atoms with Crippen molar-refractivity contribution in [1.29, 1.82) is 0 Å². The summed E-state index contributed by atoms with van der Waals surface area (Å²) in [6, 6.07) is 19.0. The van der Waals surface area contributed by atoms with Gasteiger partial charge in [-0.3, -0.25) is 4.79 Å². The molecule has 1 aliphatic carbocycles. The van der Waals surface area contributed by atoms with Crippen LogP contribution in [0.25, 0.3) is 11.2 Å². The van der Waals surface area contributed by atoms with Crippen molar-refractivity contribution in [1.82, 2.24) is 29.7 Å². The number of amides is 2. The number of nitrogens with zero attached hydrogens (tertiary/aromatic N) is 5. The lowest BCUT2D eigenvalue weighted by molar-refractivity contribution is -0.122. The number of carboxylic acid groups (broad SMARTS) is 1. The third-order valence-corrected chi connectivity index (χ3v) is 8.77. The number of carbonyl (C=O) groups excluding carboxylic acids is 1. The molecule has 2 fully saturated rings. The zero-order chi connectivity index (χ0) is 31.5. The lowest BCUT2D eigenvalue weighted by Gasteiger charge is -2.21. The number of aromatic nitrogens is 4. The first-order valence-electron chi connectivity index (χ1n) is 15.3. The summed E-state index contributed by atoms with van der Waals surface area (Å²) in [6.07, 6.45) is -0.552. The zero-order valence-electron chi connectivity index (χ0n) is 25.0. The molecule has 13 nitrogen and oxygen atoms in total. The summed E-state index contributed by atoms with van der Waals surface area (Å²) in [5.41, 5.74) is 3.20. The molecule has 6 rings (SSSR count). The molecule has 5 unspecified atom stereocenters.